The van der Waals surface area contributed by atoms with E-state index in [0.29, 0.717) is 33.6 Å². The Morgan fingerprint density at radius 3 is 2.63 bits per heavy atom. The van der Waals surface area contributed by atoms with Crippen LogP contribution in [0.1, 0.15) is 11.4 Å². The van der Waals surface area contributed by atoms with Crippen LogP contribution < -0.4 is 9.86 Å². The number of ether oxygens (including phenoxy) is 1. The molecular weight excluding hydrogens is 470 g/mol. The molecule has 1 aliphatic heterocycles. The number of hydrogen-bond acceptors (Lipinski definition) is 7. The Hall–Kier alpha value is -4.25. The summed E-state index contributed by atoms with van der Waals surface area (Å²) < 4.78 is 35.8. The van der Waals surface area contributed by atoms with E-state index in [9.17, 15) is 18.0 Å². The van der Waals surface area contributed by atoms with Gasteiger partial charge in [0.2, 0.25) is 5.78 Å². The number of fused-ring (bicyclic) bond motifs is 3. The Morgan fingerprint density at radius 1 is 1.06 bits per heavy atom. The van der Waals surface area contributed by atoms with Crippen LogP contribution in [0.2, 0.25) is 0 Å². The molecule has 0 radical (unpaired) electrons. The van der Waals surface area contributed by atoms with Crippen molar-refractivity contribution in [1.82, 2.24) is 19.2 Å². The van der Waals surface area contributed by atoms with Crippen LogP contribution in [0.3, 0.4) is 0 Å². The van der Waals surface area contributed by atoms with E-state index in [-0.39, 0.29) is 17.1 Å². The van der Waals surface area contributed by atoms with Crippen molar-refractivity contribution < 1.29 is 17.9 Å². The fourth-order valence-electron chi connectivity index (χ4n) is 4.59. The van der Waals surface area contributed by atoms with Gasteiger partial charge in [0, 0.05) is 12.4 Å². The normalized spacial score (nSPS) is 14.3. The predicted octanol–water partition coefficient (Wildman–Crippen LogP) is 2.29. The van der Waals surface area contributed by atoms with Gasteiger partial charge in [0.05, 0.1) is 21.5 Å². The molecule has 0 amide bonds. The number of aryl methyl sites for hydroxylation is 2. The third kappa shape index (κ3) is 3.04. The van der Waals surface area contributed by atoms with Gasteiger partial charge in [-0.2, -0.15) is 0 Å². The first-order chi connectivity index (χ1) is 16.8. The summed E-state index contributed by atoms with van der Waals surface area (Å²) in [4.78, 5) is 25.7. The zero-order chi connectivity index (χ0) is 24.5. The van der Waals surface area contributed by atoms with Crippen LogP contribution in [0.4, 0.5) is 5.69 Å². The van der Waals surface area contributed by atoms with Gasteiger partial charge in [-0.05, 0) is 36.6 Å². The summed E-state index contributed by atoms with van der Waals surface area (Å²) in [6, 6.07) is 15.7. The van der Waals surface area contributed by atoms with Crippen molar-refractivity contribution in [2.45, 2.75) is 18.4 Å². The average Bonchev–Trinajstić information content (AvgIpc) is 3.36. The number of aromatic nitrogens is 4. The molecule has 0 unspecified atom stereocenters. The molecule has 0 saturated heterocycles. The maximum atomic E-state index is 13.1. The second-order valence-electron chi connectivity index (χ2n) is 8.44. The molecule has 1 aliphatic rings. The van der Waals surface area contributed by atoms with Crippen LogP contribution >= 0.6 is 0 Å². The molecule has 3 aromatic carbocycles. The van der Waals surface area contributed by atoms with E-state index in [1.54, 1.807) is 41.8 Å². The topological polar surface area (TPSA) is 116 Å². The van der Waals surface area contributed by atoms with E-state index in [2.05, 4.69) is 10.2 Å². The predicted molar refractivity (Wildman–Crippen MR) is 129 cm³/mol. The lowest BCUT2D eigenvalue weighted by atomic mass is 10.1. The summed E-state index contributed by atoms with van der Waals surface area (Å²) in [6.45, 7) is 1.17. The molecule has 10 nitrogen and oxygen atoms in total. The summed E-state index contributed by atoms with van der Waals surface area (Å²) in [5.74, 6) is -0.116. The lowest BCUT2D eigenvalue weighted by Gasteiger charge is -2.17. The van der Waals surface area contributed by atoms with Gasteiger partial charge in [0.15, 0.2) is 12.4 Å². The van der Waals surface area contributed by atoms with E-state index >= 15 is 0 Å². The first kappa shape index (κ1) is 21.3. The minimum Gasteiger partial charge on any atom is -0.456 e. The molecule has 35 heavy (non-hydrogen) atoms. The van der Waals surface area contributed by atoms with E-state index in [0.717, 1.165) is 15.3 Å². The number of sulfonamides is 1. The van der Waals surface area contributed by atoms with Gasteiger partial charge < -0.3 is 4.74 Å². The lowest BCUT2D eigenvalue weighted by Crippen LogP contribution is -2.33. The molecule has 0 spiro atoms. The largest absolute Gasteiger partial charge is 0.456 e. The third-order valence-electron chi connectivity index (χ3n) is 6.26. The minimum absolute atomic E-state index is 0.171. The zero-order valence-electron chi connectivity index (χ0n) is 18.8. The second-order valence-corrected chi connectivity index (χ2v) is 10.3. The lowest BCUT2D eigenvalue weighted by molar-refractivity contribution is -0.143. The number of carbonyl (C=O) groups excluding carboxylic acids is 1. The highest BCUT2D eigenvalue weighted by Gasteiger charge is 2.37. The van der Waals surface area contributed by atoms with Crippen molar-refractivity contribution in [2.24, 2.45) is 7.05 Å². The van der Waals surface area contributed by atoms with Crippen LogP contribution in [0.5, 0.6) is 0 Å². The maximum Gasteiger partial charge on any atom is 0.327 e. The number of carbonyl (C=O) groups is 1. The maximum absolute atomic E-state index is 13.1. The highest BCUT2D eigenvalue weighted by Crippen LogP contribution is 2.41. The highest BCUT2D eigenvalue weighted by atomic mass is 32.2. The Kier molecular flexibility index (Phi) is 4.49. The van der Waals surface area contributed by atoms with E-state index in [1.807, 2.05) is 25.1 Å². The molecule has 11 heteroatoms. The van der Waals surface area contributed by atoms with Gasteiger partial charge in [-0.3, -0.25) is 22.9 Å². The highest BCUT2D eigenvalue weighted by molar-refractivity contribution is 7.93. The number of rotatable bonds is 4. The molecule has 176 valence electrons. The summed E-state index contributed by atoms with van der Waals surface area (Å²) in [7, 11) is -2.28. The molecule has 0 atom stereocenters. The summed E-state index contributed by atoms with van der Waals surface area (Å²) in [6.07, 6.45) is 0. The van der Waals surface area contributed by atoms with E-state index < -0.39 is 22.5 Å². The average molecular weight is 490 g/mol. The molecule has 6 rings (SSSR count). The van der Waals surface area contributed by atoms with Gasteiger partial charge in [0.1, 0.15) is 6.54 Å². The van der Waals surface area contributed by atoms with Gasteiger partial charge in [-0.25, -0.2) is 8.42 Å². The molecule has 2 aromatic heterocycles. The smallest absolute Gasteiger partial charge is 0.327 e. The molecule has 0 fully saturated rings. The van der Waals surface area contributed by atoms with Crippen molar-refractivity contribution in [3.63, 3.8) is 0 Å². The number of anilines is 1. The molecule has 0 N–H and O–H groups in total. The van der Waals surface area contributed by atoms with Crippen LogP contribution in [0.15, 0.2) is 64.3 Å². The summed E-state index contributed by atoms with van der Waals surface area (Å²) in [5, 5.41) is 10.1. The van der Waals surface area contributed by atoms with Crippen molar-refractivity contribution in [2.75, 3.05) is 10.8 Å². The first-order valence-electron chi connectivity index (χ1n) is 10.8. The number of esters is 1. The standard InChI is InChI=1S/C24H19N5O5S/c1-14-9-10-17-16(11-14)23(31)27(2)24-26-25-20(29(17)24)13-34-21(30)12-28-18-7-3-5-15-6-4-8-19(22(15)18)35(28,32)33/h3-11H,12-13H2,1-2H3. The zero-order valence-corrected chi connectivity index (χ0v) is 19.6. The van der Waals surface area contributed by atoms with E-state index in [4.69, 9.17) is 4.74 Å². The molecule has 3 heterocycles. The van der Waals surface area contributed by atoms with Crippen LogP contribution in [0.25, 0.3) is 27.5 Å². The molecule has 0 aliphatic carbocycles. The van der Waals surface area contributed by atoms with Gasteiger partial charge in [0.25, 0.3) is 15.6 Å². The first-order valence-corrected chi connectivity index (χ1v) is 12.2. The van der Waals surface area contributed by atoms with Crippen molar-refractivity contribution in [3.8, 4) is 0 Å². The number of benzene rings is 3. The number of hydrogen-bond donors (Lipinski definition) is 0. The third-order valence-corrected chi connectivity index (χ3v) is 8.06. The van der Waals surface area contributed by atoms with Gasteiger partial charge in [-0.1, -0.05) is 35.9 Å². The summed E-state index contributed by atoms with van der Waals surface area (Å²) >= 11 is 0. The molecular formula is C24H19N5O5S. The Morgan fingerprint density at radius 2 is 1.83 bits per heavy atom. The Balaban J connectivity index is 1.31. The minimum atomic E-state index is -3.88. The van der Waals surface area contributed by atoms with Crippen LogP contribution in [-0.4, -0.2) is 40.1 Å². The molecule has 0 bridgehead atoms. The second kappa shape index (κ2) is 7.37. The molecule has 5 aromatic rings. The SMILES string of the molecule is Cc1ccc2c(c1)c(=O)n(C)c1nnc(COC(=O)CN3c4cccc5cccc(c45)S3(=O)=O)n21. The Bertz CT molecular complexity index is 1870. The number of nitrogens with zero attached hydrogens (tertiary/aromatic N) is 5. The van der Waals surface area contributed by atoms with Crippen LogP contribution in [0, 0.1) is 6.92 Å². The quantitative estimate of drug-likeness (QED) is 0.356. The Labute approximate surface area is 199 Å². The molecule has 0 saturated carbocycles. The van der Waals surface area contributed by atoms with Crippen LogP contribution in [-0.2, 0) is 33.2 Å². The van der Waals surface area contributed by atoms with Crippen molar-refractivity contribution in [3.05, 3.63) is 76.3 Å². The monoisotopic (exact) mass is 489 g/mol. The van der Waals surface area contributed by atoms with Crippen molar-refractivity contribution in [1.29, 1.82) is 0 Å². The summed E-state index contributed by atoms with van der Waals surface area (Å²) in [5.41, 5.74) is 1.76. The van der Waals surface area contributed by atoms with Crippen molar-refractivity contribution >= 4 is 49.1 Å². The fourth-order valence-corrected chi connectivity index (χ4v) is 6.24. The fraction of sp³-hybridized carbons (Fsp3) is 0.167. The van der Waals surface area contributed by atoms with Gasteiger partial charge in [-0.15, -0.1) is 10.2 Å². The van der Waals surface area contributed by atoms with Gasteiger partial charge >= 0.3 is 5.97 Å². The van der Waals surface area contributed by atoms with E-state index in [1.165, 1.54) is 10.6 Å².